The van der Waals surface area contributed by atoms with E-state index >= 15 is 0 Å². The van der Waals surface area contributed by atoms with Crippen molar-refractivity contribution < 1.29 is 35.7 Å². The summed E-state index contributed by atoms with van der Waals surface area (Å²) in [5.74, 6) is -6.06. The number of carbonyl (C=O) groups excluding carboxylic acids is 1. The van der Waals surface area contributed by atoms with E-state index < -0.39 is 40.7 Å². The van der Waals surface area contributed by atoms with Gasteiger partial charge in [0, 0.05) is 0 Å². The van der Waals surface area contributed by atoms with E-state index in [-0.39, 0.29) is 17.1 Å². The molecule has 0 aromatic heterocycles. The number of rotatable bonds is 7. The van der Waals surface area contributed by atoms with Gasteiger partial charge in [0.05, 0.1) is 17.1 Å². The van der Waals surface area contributed by atoms with Crippen molar-refractivity contribution in [3.05, 3.63) is 65.2 Å². The lowest BCUT2D eigenvalue weighted by atomic mass is 10.00. The summed E-state index contributed by atoms with van der Waals surface area (Å²) < 4.78 is 86.8. The van der Waals surface area contributed by atoms with E-state index in [0.717, 1.165) is 17.7 Å². The van der Waals surface area contributed by atoms with Crippen LogP contribution >= 0.6 is 0 Å². The maximum absolute atomic E-state index is 14.7. The van der Waals surface area contributed by atoms with Crippen LogP contribution in [0.4, 0.5) is 22.0 Å². The van der Waals surface area contributed by atoms with E-state index in [2.05, 4.69) is 9.46 Å². The van der Waals surface area contributed by atoms with Crippen molar-refractivity contribution in [3.63, 3.8) is 0 Å². The highest BCUT2D eigenvalue weighted by Crippen LogP contribution is 2.36. The fraction of sp³-hybridized carbons (Fsp3) is 0.316. The summed E-state index contributed by atoms with van der Waals surface area (Å²) in [6.45, 7) is 2.79. The number of benzene rings is 2. The average Bonchev–Trinajstić information content (AvgIpc) is 2.66. The number of aryl methyl sites for hydroxylation is 1. The first-order valence-corrected chi connectivity index (χ1v) is 9.58. The second-order valence-electron chi connectivity index (χ2n) is 6.10. The van der Waals surface area contributed by atoms with Gasteiger partial charge in [-0.2, -0.15) is 22.0 Å². The number of hydrogen-bond acceptors (Lipinski definition) is 3. The molecule has 2 aromatic carbocycles. The van der Waals surface area contributed by atoms with Gasteiger partial charge in [0.1, 0.15) is 17.0 Å². The topological polar surface area (TPSA) is 55.4 Å². The van der Waals surface area contributed by atoms with Gasteiger partial charge in [0.25, 0.3) is 0 Å². The number of carbonyl (C=O) groups is 1. The highest BCUT2D eigenvalue weighted by atomic mass is 32.2. The van der Waals surface area contributed by atoms with Gasteiger partial charge in [0.15, 0.2) is 0 Å². The molecule has 0 aliphatic rings. The molecule has 0 fully saturated rings. The van der Waals surface area contributed by atoms with Crippen LogP contribution in [0, 0.1) is 6.92 Å². The molecule has 0 saturated carbocycles. The average molecular weight is 435 g/mol. The monoisotopic (exact) mass is 435 g/mol. The minimum absolute atomic E-state index is 0.159. The predicted molar refractivity (Wildman–Crippen MR) is 96.5 cm³/mol. The second-order valence-corrected chi connectivity index (χ2v) is 7.34. The first-order chi connectivity index (χ1) is 13.5. The zero-order chi connectivity index (χ0) is 21.8. The van der Waals surface area contributed by atoms with Gasteiger partial charge < -0.3 is 4.74 Å². The van der Waals surface area contributed by atoms with Crippen LogP contribution in [0.5, 0.6) is 0 Å². The molecule has 2 aromatic rings. The van der Waals surface area contributed by atoms with Gasteiger partial charge in [-0.15, -0.1) is 0 Å². The molecule has 29 heavy (non-hydrogen) atoms. The minimum atomic E-state index is -4.66. The Morgan fingerprint density at radius 2 is 1.59 bits per heavy atom. The van der Waals surface area contributed by atoms with Crippen molar-refractivity contribution in [2.45, 2.75) is 36.9 Å². The van der Waals surface area contributed by atoms with Crippen LogP contribution < -0.4 is 4.72 Å². The molecule has 158 valence electrons. The number of hydrogen-bond donors (Lipinski definition) is 1. The Labute approximate surface area is 166 Å². The molecule has 2 rings (SSSR count). The lowest BCUT2D eigenvalue weighted by Gasteiger charge is -2.26. The van der Waals surface area contributed by atoms with Crippen molar-refractivity contribution in [1.29, 1.82) is 0 Å². The fourth-order valence-electron chi connectivity index (χ4n) is 2.40. The third-order valence-electron chi connectivity index (χ3n) is 3.94. The first kappa shape index (κ1) is 23.0. The van der Waals surface area contributed by atoms with Crippen LogP contribution in [-0.4, -0.2) is 22.7 Å². The Balaban J connectivity index is 2.41. The molecule has 2 atom stereocenters. The van der Waals surface area contributed by atoms with E-state index in [4.69, 9.17) is 0 Å². The third kappa shape index (κ3) is 5.60. The molecule has 0 amide bonds. The third-order valence-corrected chi connectivity index (χ3v) is 5.09. The summed E-state index contributed by atoms with van der Waals surface area (Å²) in [5, 5.41) is 0. The van der Waals surface area contributed by atoms with Crippen molar-refractivity contribution in [2.24, 2.45) is 0 Å². The summed E-state index contributed by atoms with van der Waals surface area (Å²) in [6.07, 6.45) is -4.66. The van der Waals surface area contributed by atoms with E-state index in [0.29, 0.717) is 12.1 Å². The largest absolute Gasteiger partial charge is 0.462 e. The quantitative estimate of drug-likeness (QED) is 0.512. The summed E-state index contributed by atoms with van der Waals surface area (Å²) in [5.41, 5.74) is -0.544. The van der Waals surface area contributed by atoms with E-state index in [1.807, 2.05) is 0 Å². The van der Waals surface area contributed by atoms with Crippen LogP contribution in [0.15, 0.2) is 53.4 Å². The Kier molecular flexibility index (Phi) is 7.12. The van der Waals surface area contributed by atoms with E-state index in [1.165, 1.54) is 19.1 Å². The standard InChI is InChI=1S/C19H18F5NO3S/c1-3-28-17(26)18(20,21)16(13-6-8-14(9-7-13)19(22,23)24)25-29(27)15-10-4-12(2)5-11-15/h4-11,16,25H,3H2,1-2H3/t16-,29?/m0/s1. The second kappa shape index (κ2) is 9.00. The Bertz CT molecular complexity index is 867. The molecular formula is C19H18F5NO3S. The molecule has 1 unspecified atom stereocenters. The molecular weight excluding hydrogens is 417 g/mol. The summed E-state index contributed by atoms with van der Waals surface area (Å²) in [6, 6.07) is 6.79. The molecule has 0 saturated heterocycles. The highest BCUT2D eigenvalue weighted by molar-refractivity contribution is 7.83. The predicted octanol–water partition coefficient (Wildman–Crippen LogP) is 4.57. The van der Waals surface area contributed by atoms with Crippen molar-refractivity contribution in [1.82, 2.24) is 4.72 Å². The Morgan fingerprint density at radius 1 is 1.03 bits per heavy atom. The molecule has 0 radical (unpaired) electrons. The van der Waals surface area contributed by atoms with Gasteiger partial charge in [-0.3, -0.25) is 0 Å². The highest BCUT2D eigenvalue weighted by Gasteiger charge is 2.50. The number of alkyl halides is 5. The van der Waals surface area contributed by atoms with Crippen LogP contribution in [-0.2, 0) is 26.7 Å². The normalized spacial score (nSPS) is 14.3. The van der Waals surface area contributed by atoms with Crippen LogP contribution in [0.3, 0.4) is 0 Å². The zero-order valence-electron chi connectivity index (χ0n) is 15.4. The van der Waals surface area contributed by atoms with Crippen molar-refractivity contribution in [2.75, 3.05) is 6.61 Å². The van der Waals surface area contributed by atoms with E-state index in [1.54, 1.807) is 19.1 Å². The maximum atomic E-state index is 14.7. The zero-order valence-corrected chi connectivity index (χ0v) is 16.2. The van der Waals surface area contributed by atoms with Gasteiger partial charge >= 0.3 is 18.1 Å². The maximum Gasteiger partial charge on any atom is 0.416 e. The smallest absolute Gasteiger partial charge is 0.416 e. The minimum Gasteiger partial charge on any atom is -0.462 e. The first-order valence-electron chi connectivity index (χ1n) is 8.43. The summed E-state index contributed by atoms with van der Waals surface area (Å²) in [7, 11) is -2.17. The molecule has 0 heterocycles. The lowest BCUT2D eigenvalue weighted by molar-refractivity contribution is -0.175. The number of ether oxygens (including phenoxy) is 1. The van der Waals surface area contributed by atoms with Crippen LogP contribution in [0.1, 0.15) is 29.7 Å². The van der Waals surface area contributed by atoms with Crippen LogP contribution in [0.2, 0.25) is 0 Å². The fourth-order valence-corrected chi connectivity index (χ4v) is 3.42. The molecule has 0 aliphatic heterocycles. The van der Waals surface area contributed by atoms with Gasteiger partial charge in [0.2, 0.25) is 0 Å². The number of esters is 1. The Morgan fingerprint density at radius 3 is 2.07 bits per heavy atom. The molecule has 4 nitrogen and oxygen atoms in total. The van der Waals surface area contributed by atoms with Gasteiger partial charge in [-0.05, 0) is 43.7 Å². The van der Waals surface area contributed by atoms with Crippen LogP contribution in [0.25, 0.3) is 0 Å². The summed E-state index contributed by atoms with van der Waals surface area (Å²) >= 11 is 0. The van der Waals surface area contributed by atoms with Crippen molar-refractivity contribution >= 4 is 17.0 Å². The van der Waals surface area contributed by atoms with Gasteiger partial charge in [-0.1, -0.05) is 29.8 Å². The SMILES string of the molecule is CCOC(=O)C(F)(F)[C@@H](NS(=O)c1ccc(C)cc1)c1ccc(C(F)(F)F)cc1. The van der Waals surface area contributed by atoms with Gasteiger partial charge in [-0.25, -0.2) is 13.7 Å². The molecule has 0 bridgehead atoms. The lowest BCUT2D eigenvalue weighted by Crippen LogP contribution is -2.45. The van der Waals surface area contributed by atoms with Crippen molar-refractivity contribution in [3.8, 4) is 0 Å². The number of nitrogens with one attached hydrogen (secondary N) is 1. The van der Waals surface area contributed by atoms with E-state index in [9.17, 15) is 31.0 Å². The Hall–Kier alpha value is -2.33. The molecule has 0 aliphatic carbocycles. The molecule has 0 spiro atoms. The number of halogens is 5. The molecule has 10 heteroatoms. The molecule has 1 N–H and O–H groups in total. The summed E-state index contributed by atoms with van der Waals surface area (Å²) in [4.78, 5) is 11.9.